The molecule has 0 bridgehead atoms. The lowest BCUT2D eigenvalue weighted by Crippen LogP contribution is -2.46. The van der Waals surface area contributed by atoms with E-state index >= 15 is 0 Å². The second-order valence-electron chi connectivity index (χ2n) is 4.05. The van der Waals surface area contributed by atoms with Crippen molar-refractivity contribution in [1.82, 2.24) is 5.32 Å². The third kappa shape index (κ3) is 0.800. The van der Waals surface area contributed by atoms with Crippen molar-refractivity contribution >= 4 is 0 Å². The molecule has 1 saturated carbocycles. The first-order valence-electron chi connectivity index (χ1n) is 4.54. The molecule has 0 aromatic heterocycles. The van der Waals surface area contributed by atoms with Crippen molar-refractivity contribution in [3.63, 3.8) is 0 Å². The van der Waals surface area contributed by atoms with Crippen molar-refractivity contribution in [1.29, 1.82) is 0 Å². The number of hydrogen-bond donors (Lipinski definition) is 1. The van der Waals surface area contributed by atoms with Crippen LogP contribution in [0.15, 0.2) is 0 Å². The molecule has 1 atom stereocenters. The van der Waals surface area contributed by atoms with Crippen LogP contribution in [0.4, 0.5) is 0 Å². The van der Waals surface area contributed by atoms with Crippen LogP contribution in [0.3, 0.4) is 0 Å². The lowest BCUT2D eigenvalue weighted by Gasteiger charge is -2.51. The molecule has 2 rings (SSSR count). The van der Waals surface area contributed by atoms with Crippen LogP contribution < -0.4 is 5.32 Å². The zero-order valence-electron chi connectivity index (χ0n) is 6.82. The fourth-order valence-corrected chi connectivity index (χ4v) is 2.51. The largest absolute Gasteiger partial charge is 0.317 e. The fraction of sp³-hybridized carbons (Fsp3) is 1.00. The summed E-state index contributed by atoms with van der Waals surface area (Å²) in [4.78, 5) is 0. The molecule has 1 aliphatic carbocycles. The van der Waals surface area contributed by atoms with E-state index in [0.717, 1.165) is 11.3 Å². The smallest absolute Gasteiger partial charge is 0.00435 e. The van der Waals surface area contributed by atoms with Crippen LogP contribution in [0, 0.1) is 11.3 Å². The van der Waals surface area contributed by atoms with E-state index in [9.17, 15) is 0 Å². The highest BCUT2D eigenvalue weighted by atomic mass is 14.9. The molecule has 10 heavy (non-hydrogen) atoms. The minimum Gasteiger partial charge on any atom is -0.317 e. The molecule has 1 nitrogen and oxygen atoms in total. The summed E-state index contributed by atoms with van der Waals surface area (Å²) < 4.78 is 0. The first-order valence-corrected chi connectivity index (χ1v) is 4.54. The van der Waals surface area contributed by atoms with Gasteiger partial charge in [0.1, 0.15) is 0 Å². The van der Waals surface area contributed by atoms with Gasteiger partial charge in [-0.25, -0.2) is 0 Å². The summed E-state index contributed by atoms with van der Waals surface area (Å²) in [7, 11) is 0. The Kier molecular flexibility index (Phi) is 1.48. The van der Waals surface area contributed by atoms with Gasteiger partial charge in [-0.05, 0) is 50.1 Å². The van der Waals surface area contributed by atoms with Gasteiger partial charge in [0.25, 0.3) is 0 Å². The van der Waals surface area contributed by atoms with Crippen molar-refractivity contribution < 1.29 is 0 Å². The predicted molar refractivity (Wildman–Crippen MR) is 42.9 cm³/mol. The summed E-state index contributed by atoms with van der Waals surface area (Å²) in [6.07, 6.45) is 5.87. The molecule has 0 aromatic rings. The van der Waals surface area contributed by atoms with Gasteiger partial charge in [0.15, 0.2) is 0 Å². The van der Waals surface area contributed by atoms with Gasteiger partial charge in [-0.3, -0.25) is 0 Å². The van der Waals surface area contributed by atoms with Gasteiger partial charge in [0, 0.05) is 0 Å². The number of piperidine rings is 1. The SMILES string of the molecule is CC1CCC12CCNCC2. The summed E-state index contributed by atoms with van der Waals surface area (Å²) in [6, 6.07) is 0. The first-order chi connectivity index (χ1) is 4.83. The molecule has 1 heteroatoms. The Morgan fingerprint density at radius 2 is 1.90 bits per heavy atom. The second-order valence-corrected chi connectivity index (χ2v) is 4.05. The molecule has 0 amide bonds. The Balaban J connectivity index is 1.99. The molecule has 1 saturated heterocycles. The third-order valence-corrected chi connectivity index (χ3v) is 3.72. The fourth-order valence-electron chi connectivity index (χ4n) is 2.51. The van der Waals surface area contributed by atoms with Crippen LogP contribution in [0.5, 0.6) is 0 Å². The van der Waals surface area contributed by atoms with Gasteiger partial charge >= 0.3 is 0 Å². The van der Waals surface area contributed by atoms with E-state index in [1.165, 1.54) is 38.8 Å². The topological polar surface area (TPSA) is 12.0 Å². The van der Waals surface area contributed by atoms with E-state index in [0.29, 0.717) is 0 Å². The van der Waals surface area contributed by atoms with Gasteiger partial charge < -0.3 is 5.32 Å². The Labute approximate surface area is 63.2 Å². The Bertz CT molecular complexity index is 125. The molecule has 0 radical (unpaired) electrons. The first kappa shape index (κ1) is 6.66. The van der Waals surface area contributed by atoms with Crippen molar-refractivity contribution in [2.45, 2.75) is 32.6 Å². The highest BCUT2D eigenvalue weighted by Gasteiger charge is 2.43. The molecule has 1 spiro atoms. The van der Waals surface area contributed by atoms with Crippen LogP contribution in [-0.2, 0) is 0 Å². The van der Waals surface area contributed by atoms with Crippen LogP contribution in [0.2, 0.25) is 0 Å². The predicted octanol–water partition coefficient (Wildman–Crippen LogP) is 1.79. The van der Waals surface area contributed by atoms with Crippen molar-refractivity contribution in [3.05, 3.63) is 0 Å². The maximum atomic E-state index is 3.43. The maximum absolute atomic E-state index is 3.43. The van der Waals surface area contributed by atoms with Gasteiger partial charge in [0.05, 0.1) is 0 Å². The van der Waals surface area contributed by atoms with E-state index in [2.05, 4.69) is 12.2 Å². The summed E-state index contributed by atoms with van der Waals surface area (Å²) >= 11 is 0. The highest BCUT2D eigenvalue weighted by Crippen LogP contribution is 2.52. The van der Waals surface area contributed by atoms with Gasteiger partial charge in [-0.1, -0.05) is 6.92 Å². The van der Waals surface area contributed by atoms with E-state index < -0.39 is 0 Å². The van der Waals surface area contributed by atoms with Crippen molar-refractivity contribution in [2.75, 3.05) is 13.1 Å². The van der Waals surface area contributed by atoms with E-state index in [1.807, 2.05) is 0 Å². The second kappa shape index (κ2) is 2.23. The van der Waals surface area contributed by atoms with Gasteiger partial charge in [-0.2, -0.15) is 0 Å². The molecule has 1 heterocycles. The standard InChI is InChI=1S/C9H17N/c1-8-2-3-9(8)4-6-10-7-5-9/h8,10H,2-7H2,1H3. The van der Waals surface area contributed by atoms with Crippen LogP contribution in [0.1, 0.15) is 32.6 Å². The average Bonchev–Trinajstić information content (AvgIpc) is 2.04. The highest BCUT2D eigenvalue weighted by molar-refractivity contribution is 4.95. The number of nitrogens with one attached hydrogen (secondary N) is 1. The number of rotatable bonds is 0. The monoisotopic (exact) mass is 139 g/mol. The molecule has 2 aliphatic rings. The molecular formula is C9H17N. The van der Waals surface area contributed by atoms with Gasteiger partial charge in [0.2, 0.25) is 0 Å². The quantitative estimate of drug-likeness (QED) is 0.539. The van der Waals surface area contributed by atoms with Crippen LogP contribution in [-0.4, -0.2) is 13.1 Å². The number of hydrogen-bond acceptors (Lipinski definition) is 1. The van der Waals surface area contributed by atoms with Crippen LogP contribution >= 0.6 is 0 Å². The zero-order valence-corrected chi connectivity index (χ0v) is 6.82. The lowest BCUT2D eigenvalue weighted by molar-refractivity contribution is 0.0101. The Morgan fingerprint density at radius 3 is 2.20 bits per heavy atom. The average molecular weight is 139 g/mol. The van der Waals surface area contributed by atoms with E-state index in [1.54, 1.807) is 0 Å². The molecule has 2 fully saturated rings. The third-order valence-electron chi connectivity index (χ3n) is 3.72. The molecule has 1 aliphatic heterocycles. The molecule has 1 unspecified atom stereocenters. The van der Waals surface area contributed by atoms with Crippen molar-refractivity contribution in [3.8, 4) is 0 Å². The zero-order chi connectivity index (χ0) is 7.03. The molecular weight excluding hydrogens is 122 g/mol. The molecule has 1 N–H and O–H groups in total. The molecule has 0 aromatic carbocycles. The Morgan fingerprint density at radius 1 is 1.20 bits per heavy atom. The van der Waals surface area contributed by atoms with E-state index in [4.69, 9.17) is 0 Å². The van der Waals surface area contributed by atoms with Crippen molar-refractivity contribution in [2.24, 2.45) is 11.3 Å². The normalized spacial score (nSPS) is 37.5. The lowest BCUT2D eigenvalue weighted by atomic mass is 9.56. The summed E-state index contributed by atoms with van der Waals surface area (Å²) in [5.41, 5.74) is 0.797. The van der Waals surface area contributed by atoms with Gasteiger partial charge in [-0.15, -0.1) is 0 Å². The Hall–Kier alpha value is -0.0400. The summed E-state index contributed by atoms with van der Waals surface area (Å²) in [5.74, 6) is 1.02. The minimum absolute atomic E-state index is 0.797. The maximum Gasteiger partial charge on any atom is -0.00435 e. The minimum atomic E-state index is 0.797. The van der Waals surface area contributed by atoms with Crippen LogP contribution in [0.25, 0.3) is 0 Å². The summed E-state index contributed by atoms with van der Waals surface area (Å²) in [6.45, 7) is 4.96. The van der Waals surface area contributed by atoms with E-state index in [-0.39, 0.29) is 0 Å². The molecule has 58 valence electrons. The summed E-state index contributed by atoms with van der Waals surface area (Å²) in [5, 5.41) is 3.43.